The lowest BCUT2D eigenvalue weighted by Gasteiger charge is -2.23. The zero-order valence-corrected chi connectivity index (χ0v) is 14.8. The summed E-state index contributed by atoms with van der Waals surface area (Å²) in [5.74, 6) is 0.772. The first-order valence-corrected chi connectivity index (χ1v) is 8.66. The monoisotopic (exact) mass is 340 g/mol. The topological polar surface area (TPSA) is 51.2 Å². The Morgan fingerprint density at radius 1 is 1.17 bits per heavy atom. The molecule has 2 aromatic carbocycles. The summed E-state index contributed by atoms with van der Waals surface area (Å²) in [6.07, 6.45) is 0. The van der Waals surface area contributed by atoms with Crippen LogP contribution in [-0.2, 0) is 4.79 Å². The van der Waals surface area contributed by atoms with Crippen LogP contribution in [0.3, 0.4) is 0 Å². The SMILES string of the molecule is COc1ccc([C@H](c2nc3ccccc3s2)[C@H](C)NC(C)=O)cc1. The number of amides is 1. The smallest absolute Gasteiger partial charge is 0.217 e. The average molecular weight is 340 g/mol. The minimum absolute atomic E-state index is 0.00259. The van der Waals surface area contributed by atoms with Crippen LogP contribution in [0.2, 0.25) is 0 Å². The Balaban J connectivity index is 2.04. The third kappa shape index (κ3) is 3.41. The first kappa shape index (κ1) is 16.5. The van der Waals surface area contributed by atoms with Gasteiger partial charge in [-0.25, -0.2) is 4.98 Å². The Hall–Kier alpha value is -2.40. The third-order valence-electron chi connectivity index (χ3n) is 3.98. The summed E-state index contributed by atoms with van der Waals surface area (Å²) in [6, 6.07) is 16.0. The summed E-state index contributed by atoms with van der Waals surface area (Å²) in [4.78, 5) is 16.3. The first-order valence-electron chi connectivity index (χ1n) is 7.85. The number of methoxy groups -OCH3 is 1. The number of nitrogens with zero attached hydrogens (tertiary/aromatic N) is 1. The molecule has 1 N–H and O–H groups in total. The minimum Gasteiger partial charge on any atom is -0.497 e. The summed E-state index contributed by atoms with van der Waals surface area (Å²) in [7, 11) is 1.65. The van der Waals surface area contributed by atoms with Crippen LogP contribution in [0.4, 0.5) is 0 Å². The third-order valence-corrected chi connectivity index (χ3v) is 5.10. The largest absolute Gasteiger partial charge is 0.497 e. The molecule has 1 amide bonds. The van der Waals surface area contributed by atoms with E-state index in [2.05, 4.69) is 11.4 Å². The Kier molecular flexibility index (Phi) is 4.81. The van der Waals surface area contributed by atoms with Crippen LogP contribution in [0.15, 0.2) is 48.5 Å². The second-order valence-electron chi connectivity index (χ2n) is 5.76. The van der Waals surface area contributed by atoms with Crippen LogP contribution in [0.25, 0.3) is 10.2 Å². The zero-order valence-electron chi connectivity index (χ0n) is 13.9. The van der Waals surface area contributed by atoms with Crippen molar-refractivity contribution < 1.29 is 9.53 Å². The number of benzene rings is 2. The molecule has 0 spiro atoms. The van der Waals surface area contributed by atoms with Gasteiger partial charge in [0.05, 0.1) is 23.2 Å². The molecular formula is C19H20N2O2S. The highest BCUT2D eigenvalue weighted by Gasteiger charge is 2.25. The van der Waals surface area contributed by atoms with Crippen molar-refractivity contribution in [2.75, 3.05) is 7.11 Å². The number of carbonyl (C=O) groups excluding carboxylic acids is 1. The van der Waals surface area contributed by atoms with E-state index in [0.29, 0.717) is 0 Å². The Bertz CT molecular complexity index is 809. The number of rotatable bonds is 5. The lowest BCUT2D eigenvalue weighted by Crippen LogP contribution is -2.36. The van der Waals surface area contributed by atoms with Gasteiger partial charge < -0.3 is 10.1 Å². The lowest BCUT2D eigenvalue weighted by atomic mass is 9.92. The predicted octanol–water partition coefficient (Wildman–Crippen LogP) is 3.96. The molecule has 124 valence electrons. The first-order chi connectivity index (χ1) is 11.6. The van der Waals surface area contributed by atoms with Crippen LogP contribution in [-0.4, -0.2) is 24.0 Å². The number of aromatic nitrogens is 1. The van der Waals surface area contributed by atoms with E-state index in [1.54, 1.807) is 25.4 Å². The maximum atomic E-state index is 11.5. The summed E-state index contributed by atoms with van der Waals surface area (Å²) in [5, 5.41) is 4.01. The molecule has 5 heteroatoms. The van der Waals surface area contributed by atoms with Crippen molar-refractivity contribution in [3.63, 3.8) is 0 Å². The fourth-order valence-corrected chi connectivity index (χ4v) is 4.08. The molecule has 3 aromatic rings. The fourth-order valence-electron chi connectivity index (χ4n) is 2.88. The van der Waals surface area contributed by atoms with Crippen molar-refractivity contribution in [3.05, 3.63) is 59.1 Å². The number of fused-ring (bicyclic) bond motifs is 1. The molecule has 3 rings (SSSR count). The van der Waals surface area contributed by atoms with Gasteiger partial charge in [0.1, 0.15) is 10.8 Å². The molecule has 0 fully saturated rings. The average Bonchev–Trinajstić information content (AvgIpc) is 2.98. The summed E-state index contributed by atoms with van der Waals surface area (Å²) < 4.78 is 6.40. The molecule has 1 heterocycles. The minimum atomic E-state index is -0.0588. The van der Waals surface area contributed by atoms with E-state index in [9.17, 15) is 4.79 Å². The van der Waals surface area contributed by atoms with E-state index < -0.39 is 0 Å². The second-order valence-corrected chi connectivity index (χ2v) is 6.82. The molecule has 0 bridgehead atoms. The molecule has 0 radical (unpaired) electrons. The van der Waals surface area contributed by atoms with E-state index in [-0.39, 0.29) is 17.9 Å². The maximum absolute atomic E-state index is 11.5. The molecule has 2 atom stereocenters. The van der Waals surface area contributed by atoms with Gasteiger partial charge in [-0.3, -0.25) is 4.79 Å². The maximum Gasteiger partial charge on any atom is 0.217 e. The van der Waals surface area contributed by atoms with E-state index in [1.807, 2.05) is 49.4 Å². The lowest BCUT2D eigenvalue weighted by molar-refractivity contribution is -0.119. The summed E-state index contributed by atoms with van der Waals surface area (Å²) in [5.41, 5.74) is 2.10. The molecule has 0 aliphatic heterocycles. The summed E-state index contributed by atoms with van der Waals surface area (Å²) in [6.45, 7) is 3.56. The molecule has 0 saturated heterocycles. The van der Waals surface area contributed by atoms with Gasteiger partial charge >= 0.3 is 0 Å². The highest BCUT2D eigenvalue weighted by Crippen LogP contribution is 2.34. The van der Waals surface area contributed by atoms with Gasteiger partial charge in [-0.2, -0.15) is 0 Å². The van der Waals surface area contributed by atoms with Gasteiger partial charge in [0.2, 0.25) is 5.91 Å². The molecule has 0 aliphatic carbocycles. The number of hydrogen-bond donors (Lipinski definition) is 1. The van der Waals surface area contributed by atoms with Crippen LogP contribution in [0.5, 0.6) is 5.75 Å². The molecule has 0 unspecified atom stereocenters. The van der Waals surface area contributed by atoms with Crippen molar-refractivity contribution in [2.24, 2.45) is 0 Å². The van der Waals surface area contributed by atoms with E-state index in [1.165, 1.54) is 0 Å². The highest BCUT2D eigenvalue weighted by molar-refractivity contribution is 7.18. The van der Waals surface area contributed by atoms with Crippen molar-refractivity contribution in [1.29, 1.82) is 0 Å². The predicted molar refractivity (Wildman–Crippen MR) is 97.7 cm³/mol. The van der Waals surface area contributed by atoms with Gasteiger partial charge in [-0.15, -0.1) is 11.3 Å². The van der Waals surface area contributed by atoms with Gasteiger partial charge in [0.15, 0.2) is 0 Å². The van der Waals surface area contributed by atoms with Crippen LogP contribution in [0, 0.1) is 0 Å². The van der Waals surface area contributed by atoms with Gasteiger partial charge in [0, 0.05) is 13.0 Å². The van der Waals surface area contributed by atoms with Crippen molar-refractivity contribution in [3.8, 4) is 5.75 Å². The number of ether oxygens (including phenoxy) is 1. The molecule has 4 nitrogen and oxygen atoms in total. The molecule has 0 aliphatic rings. The van der Waals surface area contributed by atoms with Crippen molar-refractivity contribution in [1.82, 2.24) is 10.3 Å². The van der Waals surface area contributed by atoms with Crippen LogP contribution < -0.4 is 10.1 Å². The molecule has 1 aromatic heterocycles. The molecular weight excluding hydrogens is 320 g/mol. The number of para-hydroxylation sites is 1. The molecule has 0 saturated carbocycles. The Morgan fingerprint density at radius 3 is 2.50 bits per heavy atom. The van der Waals surface area contributed by atoms with Gasteiger partial charge in [-0.05, 0) is 36.8 Å². The molecule has 24 heavy (non-hydrogen) atoms. The van der Waals surface area contributed by atoms with E-state index >= 15 is 0 Å². The second kappa shape index (κ2) is 7.01. The Morgan fingerprint density at radius 2 is 1.88 bits per heavy atom. The number of nitrogens with one attached hydrogen (secondary N) is 1. The van der Waals surface area contributed by atoms with Crippen molar-refractivity contribution in [2.45, 2.75) is 25.8 Å². The summed E-state index contributed by atoms with van der Waals surface area (Å²) >= 11 is 1.67. The number of carbonyl (C=O) groups is 1. The zero-order chi connectivity index (χ0) is 17.1. The van der Waals surface area contributed by atoms with Gasteiger partial charge in [0.25, 0.3) is 0 Å². The quantitative estimate of drug-likeness (QED) is 0.765. The van der Waals surface area contributed by atoms with Gasteiger partial charge in [-0.1, -0.05) is 24.3 Å². The van der Waals surface area contributed by atoms with Crippen LogP contribution in [0.1, 0.15) is 30.3 Å². The Labute approximate surface area is 145 Å². The highest BCUT2D eigenvalue weighted by atomic mass is 32.1. The van der Waals surface area contributed by atoms with Crippen LogP contribution >= 0.6 is 11.3 Å². The van der Waals surface area contributed by atoms with Crippen molar-refractivity contribution >= 4 is 27.5 Å². The number of hydrogen-bond acceptors (Lipinski definition) is 4. The number of thiazole rings is 1. The normalized spacial score (nSPS) is 13.5. The fraction of sp³-hybridized carbons (Fsp3) is 0.263. The van der Waals surface area contributed by atoms with E-state index in [4.69, 9.17) is 9.72 Å². The standard InChI is InChI=1S/C19H20N2O2S/c1-12(20-13(2)22)18(14-8-10-15(23-3)11-9-14)19-21-16-6-4-5-7-17(16)24-19/h4-12,18H,1-3H3,(H,20,22)/t12-,18+/m0/s1. The van der Waals surface area contributed by atoms with E-state index in [0.717, 1.165) is 26.5 Å².